The third-order valence-corrected chi connectivity index (χ3v) is 2.77. The molecule has 0 saturated carbocycles. The quantitative estimate of drug-likeness (QED) is 0.820. The van der Waals surface area contributed by atoms with Gasteiger partial charge in [0.1, 0.15) is 5.75 Å². The third-order valence-electron chi connectivity index (χ3n) is 2.47. The second-order valence-electron chi connectivity index (χ2n) is 3.73. The highest BCUT2D eigenvalue weighted by molar-refractivity contribution is 6.32. The maximum Gasteiger partial charge on any atom is 0.255 e. The van der Waals surface area contributed by atoms with E-state index in [1.165, 1.54) is 6.07 Å². The molecule has 1 aromatic carbocycles. The highest BCUT2D eigenvalue weighted by atomic mass is 35.5. The Balaban J connectivity index is 2.57. The molecule has 0 fully saturated rings. The Morgan fingerprint density at radius 1 is 1.24 bits per heavy atom. The van der Waals surface area contributed by atoms with Crippen molar-refractivity contribution in [2.45, 2.75) is 6.92 Å². The molecule has 3 nitrogen and oxygen atoms in total. The summed E-state index contributed by atoms with van der Waals surface area (Å²) in [5, 5.41) is 0.485. The van der Waals surface area contributed by atoms with E-state index in [0.717, 1.165) is 11.3 Å². The number of benzene rings is 1. The molecule has 0 bridgehead atoms. The number of aryl methyl sites for hydroxylation is 1. The fraction of sp³-hybridized carbons (Fsp3) is 0.154. The van der Waals surface area contributed by atoms with Crippen molar-refractivity contribution in [3.63, 3.8) is 0 Å². The van der Waals surface area contributed by atoms with Crippen LogP contribution in [-0.4, -0.2) is 11.7 Å². The van der Waals surface area contributed by atoms with E-state index in [-0.39, 0.29) is 5.56 Å². The lowest BCUT2D eigenvalue weighted by Crippen LogP contribution is -2.16. The molecular weight excluding hydrogens is 238 g/mol. The van der Waals surface area contributed by atoms with Crippen LogP contribution in [0.5, 0.6) is 5.75 Å². The number of rotatable bonds is 2. The lowest BCUT2D eigenvalue weighted by molar-refractivity contribution is 0.415. The summed E-state index contributed by atoms with van der Waals surface area (Å²) in [6.07, 6.45) is 1.78. The van der Waals surface area contributed by atoms with Crippen molar-refractivity contribution < 1.29 is 4.74 Å². The van der Waals surface area contributed by atoms with E-state index in [0.29, 0.717) is 10.8 Å². The highest BCUT2D eigenvalue weighted by Crippen LogP contribution is 2.26. The van der Waals surface area contributed by atoms with Crippen LogP contribution in [0.2, 0.25) is 5.02 Å². The lowest BCUT2D eigenvalue weighted by Gasteiger charge is -2.09. The van der Waals surface area contributed by atoms with Crippen molar-refractivity contribution in [3.05, 3.63) is 57.5 Å². The lowest BCUT2D eigenvalue weighted by atomic mass is 10.2. The summed E-state index contributed by atoms with van der Waals surface area (Å²) in [6, 6.07) is 8.57. The Labute approximate surface area is 104 Å². The van der Waals surface area contributed by atoms with Gasteiger partial charge in [0.2, 0.25) is 0 Å². The summed E-state index contributed by atoms with van der Waals surface area (Å²) in [5.41, 5.74) is 1.65. The Hall–Kier alpha value is -1.74. The molecule has 0 N–H and O–H groups in total. The number of pyridine rings is 1. The minimum absolute atomic E-state index is 0.0863. The molecule has 4 heteroatoms. The normalized spacial score (nSPS) is 10.3. The van der Waals surface area contributed by atoms with E-state index in [9.17, 15) is 4.79 Å². The highest BCUT2D eigenvalue weighted by Gasteiger charge is 2.04. The van der Waals surface area contributed by atoms with Gasteiger partial charge in [-0.3, -0.25) is 9.36 Å². The van der Waals surface area contributed by atoms with Gasteiger partial charge in [0, 0.05) is 12.3 Å². The van der Waals surface area contributed by atoms with Gasteiger partial charge in [-0.25, -0.2) is 0 Å². The standard InChI is InChI=1S/C13H12ClNO2/c1-9-3-6-13(16)15(8-9)10-4-5-12(17-2)11(14)7-10/h3-8H,1-2H3. The largest absolute Gasteiger partial charge is 0.495 e. The molecular formula is C13H12ClNO2. The van der Waals surface area contributed by atoms with Gasteiger partial charge in [0.25, 0.3) is 5.56 Å². The minimum Gasteiger partial charge on any atom is -0.495 e. The van der Waals surface area contributed by atoms with Gasteiger partial charge in [-0.05, 0) is 30.7 Å². The van der Waals surface area contributed by atoms with Crippen LogP contribution in [0.4, 0.5) is 0 Å². The molecule has 0 aliphatic carbocycles. The summed E-state index contributed by atoms with van der Waals surface area (Å²) in [7, 11) is 1.56. The van der Waals surface area contributed by atoms with E-state index in [4.69, 9.17) is 16.3 Å². The smallest absolute Gasteiger partial charge is 0.255 e. The number of halogens is 1. The predicted molar refractivity (Wildman–Crippen MR) is 68.3 cm³/mol. The molecule has 0 aliphatic heterocycles. The molecule has 1 heterocycles. The molecule has 0 amide bonds. The SMILES string of the molecule is COc1ccc(-n2cc(C)ccc2=O)cc1Cl. The monoisotopic (exact) mass is 249 g/mol. The zero-order valence-corrected chi connectivity index (χ0v) is 10.4. The zero-order chi connectivity index (χ0) is 12.4. The van der Waals surface area contributed by atoms with Gasteiger partial charge in [-0.15, -0.1) is 0 Å². The number of nitrogens with zero attached hydrogens (tertiary/aromatic N) is 1. The van der Waals surface area contributed by atoms with Gasteiger partial charge in [-0.1, -0.05) is 17.7 Å². The Morgan fingerprint density at radius 2 is 2.00 bits per heavy atom. The number of ether oxygens (including phenoxy) is 1. The maximum absolute atomic E-state index is 11.7. The molecule has 0 spiro atoms. The molecule has 2 rings (SSSR count). The van der Waals surface area contributed by atoms with Crippen LogP contribution in [0.3, 0.4) is 0 Å². The van der Waals surface area contributed by atoms with Crippen LogP contribution in [0.15, 0.2) is 41.3 Å². The summed E-state index contributed by atoms with van der Waals surface area (Å²) in [5.74, 6) is 0.594. The fourth-order valence-electron chi connectivity index (χ4n) is 1.60. The molecule has 0 saturated heterocycles. The Bertz CT molecular complexity index is 605. The van der Waals surface area contributed by atoms with Gasteiger partial charge < -0.3 is 4.74 Å². The van der Waals surface area contributed by atoms with Gasteiger partial charge in [-0.2, -0.15) is 0 Å². The molecule has 0 radical (unpaired) electrons. The first-order valence-corrected chi connectivity index (χ1v) is 5.53. The first-order chi connectivity index (χ1) is 8.11. The van der Waals surface area contributed by atoms with E-state index in [1.807, 2.05) is 6.92 Å². The van der Waals surface area contributed by atoms with Gasteiger partial charge >= 0.3 is 0 Å². The van der Waals surface area contributed by atoms with Crippen molar-refractivity contribution in [1.82, 2.24) is 4.57 Å². The van der Waals surface area contributed by atoms with Crippen molar-refractivity contribution in [2.75, 3.05) is 7.11 Å². The van der Waals surface area contributed by atoms with Crippen molar-refractivity contribution in [2.24, 2.45) is 0 Å². The number of aromatic nitrogens is 1. The van der Waals surface area contributed by atoms with E-state index < -0.39 is 0 Å². The first-order valence-electron chi connectivity index (χ1n) is 5.15. The van der Waals surface area contributed by atoms with Crippen molar-refractivity contribution in [3.8, 4) is 11.4 Å². The number of methoxy groups -OCH3 is 1. The molecule has 17 heavy (non-hydrogen) atoms. The Kier molecular flexibility index (Phi) is 3.20. The minimum atomic E-state index is -0.0863. The van der Waals surface area contributed by atoms with E-state index >= 15 is 0 Å². The van der Waals surface area contributed by atoms with Gasteiger partial charge in [0.05, 0.1) is 17.8 Å². The Morgan fingerprint density at radius 3 is 2.65 bits per heavy atom. The maximum atomic E-state index is 11.7. The summed E-state index contributed by atoms with van der Waals surface area (Å²) >= 11 is 6.03. The second kappa shape index (κ2) is 4.63. The van der Waals surface area contributed by atoms with E-state index in [1.54, 1.807) is 42.1 Å². The van der Waals surface area contributed by atoms with Crippen LogP contribution in [0.1, 0.15) is 5.56 Å². The van der Waals surface area contributed by atoms with Crippen molar-refractivity contribution in [1.29, 1.82) is 0 Å². The summed E-state index contributed by atoms with van der Waals surface area (Å²) < 4.78 is 6.63. The molecule has 0 unspecified atom stereocenters. The topological polar surface area (TPSA) is 31.2 Å². The number of hydrogen-bond donors (Lipinski definition) is 0. The third kappa shape index (κ3) is 2.34. The van der Waals surface area contributed by atoms with Crippen LogP contribution < -0.4 is 10.3 Å². The average molecular weight is 250 g/mol. The average Bonchev–Trinajstić information content (AvgIpc) is 2.32. The second-order valence-corrected chi connectivity index (χ2v) is 4.14. The van der Waals surface area contributed by atoms with Gasteiger partial charge in [0.15, 0.2) is 0 Å². The molecule has 1 aromatic heterocycles. The molecule has 0 aliphatic rings. The van der Waals surface area contributed by atoms with Crippen LogP contribution >= 0.6 is 11.6 Å². The summed E-state index contributed by atoms with van der Waals surface area (Å²) in [6.45, 7) is 1.93. The first kappa shape index (κ1) is 11.7. The molecule has 2 aromatic rings. The number of hydrogen-bond acceptors (Lipinski definition) is 2. The zero-order valence-electron chi connectivity index (χ0n) is 9.61. The summed E-state index contributed by atoms with van der Waals surface area (Å²) in [4.78, 5) is 11.7. The van der Waals surface area contributed by atoms with Crippen LogP contribution in [0, 0.1) is 6.92 Å². The molecule has 88 valence electrons. The van der Waals surface area contributed by atoms with E-state index in [2.05, 4.69) is 0 Å². The molecule has 0 atom stereocenters. The van der Waals surface area contributed by atoms with Crippen LogP contribution in [-0.2, 0) is 0 Å². The fourth-order valence-corrected chi connectivity index (χ4v) is 1.85. The van der Waals surface area contributed by atoms with Crippen molar-refractivity contribution >= 4 is 11.6 Å². The van der Waals surface area contributed by atoms with Crippen LogP contribution in [0.25, 0.3) is 5.69 Å². The predicted octanol–water partition coefficient (Wildman–Crippen LogP) is 2.81.